The number of aromatic nitrogens is 1. The van der Waals surface area contributed by atoms with Gasteiger partial charge in [-0.1, -0.05) is 12.1 Å². The molecule has 8 heteroatoms. The smallest absolute Gasteiger partial charge is 0.298 e. The molecule has 2 aromatic rings. The molecule has 0 bridgehead atoms. The Balaban J connectivity index is 1.33. The number of fused-ring (bicyclic) bond motifs is 1. The average molecular weight is 372 g/mol. The third-order valence-corrected chi connectivity index (χ3v) is 5.27. The molecule has 3 heterocycles. The van der Waals surface area contributed by atoms with E-state index >= 15 is 0 Å². The average Bonchev–Trinajstić information content (AvgIpc) is 3.29. The summed E-state index contributed by atoms with van der Waals surface area (Å²) < 4.78 is 10.8. The van der Waals surface area contributed by atoms with Crippen LogP contribution in [-0.4, -0.2) is 79.6 Å². The Morgan fingerprint density at radius 1 is 1.26 bits per heavy atom. The van der Waals surface area contributed by atoms with Gasteiger partial charge in [-0.2, -0.15) is 4.98 Å². The largest absolute Gasteiger partial charge is 0.423 e. The number of ether oxygens (including phenoxy) is 1. The Morgan fingerprint density at radius 3 is 2.78 bits per heavy atom. The number of carbonyl (C=O) groups excluding carboxylic acids is 2. The summed E-state index contributed by atoms with van der Waals surface area (Å²) in [6.07, 6.45) is 0.299. The van der Waals surface area contributed by atoms with Crippen LogP contribution in [-0.2, 0) is 14.3 Å². The molecule has 0 saturated carbocycles. The van der Waals surface area contributed by atoms with E-state index in [1.165, 1.54) is 0 Å². The second kappa shape index (κ2) is 7.56. The molecule has 0 N–H and O–H groups in total. The molecule has 1 aromatic heterocycles. The Kier molecular flexibility index (Phi) is 4.98. The SMILES string of the molecule is COCCN1C[C@@H](C(=O)N2CCN(c3nc4ccccc4o3)CC2)CC1=O. The molecular weight excluding hydrogens is 348 g/mol. The highest BCUT2D eigenvalue weighted by Gasteiger charge is 2.37. The lowest BCUT2D eigenvalue weighted by Gasteiger charge is -2.35. The van der Waals surface area contributed by atoms with Gasteiger partial charge in [0.05, 0.1) is 12.5 Å². The second-order valence-corrected chi connectivity index (χ2v) is 7.01. The number of anilines is 1. The normalized spacial score (nSPS) is 20.7. The zero-order chi connectivity index (χ0) is 18.8. The van der Waals surface area contributed by atoms with Gasteiger partial charge in [-0.15, -0.1) is 0 Å². The van der Waals surface area contributed by atoms with Crippen LogP contribution in [0.25, 0.3) is 11.1 Å². The van der Waals surface area contributed by atoms with Gasteiger partial charge in [-0.05, 0) is 12.1 Å². The first-order chi connectivity index (χ1) is 13.2. The number of carbonyl (C=O) groups is 2. The third kappa shape index (κ3) is 3.62. The minimum absolute atomic E-state index is 0.0375. The van der Waals surface area contributed by atoms with Gasteiger partial charge >= 0.3 is 0 Å². The van der Waals surface area contributed by atoms with E-state index in [0.29, 0.717) is 58.3 Å². The van der Waals surface area contributed by atoms with Gasteiger partial charge in [-0.3, -0.25) is 9.59 Å². The molecule has 144 valence electrons. The fraction of sp³-hybridized carbons (Fsp3) is 0.526. The molecule has 2 aliphatic heterocycles. The fourth-order valence-corrected chi connectivity index (χ4v) is 3.73. The number of hydrogen-bond acceptors (Lipinski definition) is 6. The van der Waals surface area contributed by atoms with Crippen molar-refractivity contribution in [3.8, 4) is 0 Å². The molecule has 1 aromatic carbocycles. The number of rotatable bonds is 5. The first kappa shape index (κ1) is 17.8. The molecular formula is C19H24N4O4. The van der Waals surface area contributed by atoms with Crippen LogP contribution in [0.3, 0.4) is 0 Å². The molecule has 8 nitrogen and oxygen atoms in total. The zero-order valence-electron chi connectivity index (χ0n) is 15.5. The van der Waals surface area contributed by atoms with Crippen LogP contribution in [0, 0.1) is 5.92 Å². The number of nitrogens with zero attached hydrogens (tertiary/aromatic N) is 4. The number of piperazine rings is 1. The van der Waals surface area contributed by atoms with Gasteiger partial charge in [0.2, 0.25) is 11.8 Å². The Morgan fingerprint density at radius 2 is 2.04 bits per heavy atom. The van der Waals surface area contributed by atoms with Crippen LogP contribution in [0.1, 0.15) is 6.42 Å². The van der Waals surface area contributed by atoms with Crippen LogP contribution < -0.4 is 4.90 Å². The maximum atomic E-state index is 12.8. The summed E-state index contributed by atoms with van der Waals surface area (Å²) in [5, 5.41) is 0. The number of amides is 2. The van der Waals surface area contributed by atoms with E-state index in [9.17, 15) is 9.59 Å². The van der Waals surface area contributed by atoms with Crippen molar-refractivity contribution in [1.82, 2.24) is 14.8 Å². The number of hydrogen-bond donors (Lipinski definition) is 0. The summed E-state index contributed by atoms with van der Waals surface area (Å²) in [7, 11) is 1.61. The summed E-state index contributed by atoms with van der Waals surface area (Å²) in [6, 6.07) is 8.29. The monoisotopic (exact) mass is 372 g/mol. The van der Waals surface area contributed by atoms with E-state index in [1.54, 1.807) is 12.0 Å². The predicted octanol–water partition coefficient (Wildman–Crippen LogP) is 0.971. The van der Waals surface area contributed by atoms with E-state index in [-0.39, 0.29) is 17.7 Å². The molecule has 0 aliphatic carbocycles. The van der Waals surface area contributed by atoms with Crippen molar-refractivity contribution >= 4 is 28.9 Å². The zero-order valence-corrected chi connectivity index (χ0v) is 15.5. The van der Waals surface area contributed by atoms with E-state index in [4.69, 9.17) is 9.15 Å². The molecule has 27 heavy (non-hydrogen) atoms. The van der Waals surface area contributed by atoms with Gasteiger partial charge in [0, 0.05) is 52.8 Å². The third-order valence-electron chi connectivity index (χ3n) is 5.27. The highest BCUT2D eigenvalue weighted by molar-refractivity contribution is 5.89. The van der Waals surface area contributed by atoms with Crippen molar-refractivity contribution in [3.63, 3.8) is 0 Å². The van der Waals surface area contributed by atoms with Crippen LogP contribution in [0.5, 0.6) is 0 Å². The standard InChI is InChI=1S/C19H24N4O4/c1-26-11-10-23-13-14(12-17(23)24)18(25)21-6-8-22(9-7-21)19-20-15-4-2-3-5-16(15)27-19/h2-5,14H,6-13H2,1H3/t14-/m0/s1. The van der Waals surface area contributed by atoms with Crippen LogP contribution >= 0.6 is 0 Å². The molecule has 2 aliphatic rings. The van der Waals surface area contributed by atoms with Crippen molar-refractivity contribution < 1.29 is 18.7 Å². The molecule has 1 atom stereocenters. The highest BCUT2D eigenvalue weighted by Crippen LogP contribution is 2.24. The van der Waals surface area contributed by atoms with Crippen molar-refractivity contribution in [1.29, 1.82) is 0 Å². The highest BCUT2D eigenvalue weighted by atomic mass is 16.5. The first-order valence-corrected chi connectivity index (χ1v) is 9.31. The minimum atomic E-state index is -0.245. The van der Waals surface area contributed by atoms with Crippen LogP contribution in [0.4, 0.5) is 6.01 Å². The fourth-order valence-electron chi connectivity index (χ4n) is 3.73. The Bertz CT molecular complexity index is 795. The van der Waals surface area contributed by atoms with Crippen molar-refractivity contribution in [2.45, 2.75) is 6.42 Å². The summed E-state index contributed by atoms with van der Waals surface area (Å²) in [6.45, 7) is 4.10. The van der Waals surface area contributed by atoms with E-state index in [2.05, 4.69) is 9.88 Å². The van der Waals surface area contributed by atoms with Gasteiger partial charge in [0.15, 0.2) is 5.58 Å². The number of oxazole rings is 1. The lowest BCUT2D eigenvalue weighted by molar-refractivity contribution is -0.136. The molecule has 0 radical (unpaired) electrons. The van der Waals surface area contributed by atoms with Crippen LogP contribution in [0.2, 0.25) is 0 Å². The number of methoxy groups -OCH3 is 1. The van der Waals surface area contributed by atoms with Gasteiger partial charge in [-0.25, -0.2) is 0 Å². The summed E-state index contributed by atoms with van der Waals surface area (Å²) in [4.78, 5) is 35.0. The Hall–Kier alpha value is -2.61. The van der Waals surface area contributed by atoms with E-state index in [1.807, 2.05) is 29.2 Å². The molecule has 2 saturated heterocycles. The molecule has 0 unspecified atom stereocenters. The lowest BCUT2D eigenvalue weighted by Crippen LogP contribution is -2.50. The van der Waals surface area contributed by atoms with E-state index < -0.39 is 0 Å². The quantitative estimate of drug-likeness (QED) is 0.778. The van der Waals surface area contributed by atoms with Crippen molar-refractivity contribution in [3.05, 3.63) is 24.3 Å². The van der Waals surface area contributed by atoms with Gasteiger partial charge in [0.25, 0.3) is 6.01 Å². The maximum Gasteiger partial charge on any atom is 0.298 e. The molecule has 2 fully saturated rings. The first-order valence-electron chi connectivity index (χ1n) is 9.31. The van der Waals surface area contributed by atoms with Gasteiger partial charge in [0.1, 0.15) is 5.52 Å². The summed E-state index contributed by atoms with van der Waals surface area (Å²) >= 11 is 0. The molecule has 2 amide bonds. The number of para-hydroxylation sites is 2. The topological polar surface area (TPSA) is 79.1 Å². The van der Waals surface area contributed by atoms with Gasteiger partial charge < -0.3 is 23.9 Å². The van der Waals surface area contributed by atoms with Crippen molar-refractivity contribution in [2.24, 2.45) is 5.92 Å². The summed E-state index contributed by atoms with van der Waals surface area (Å²) in [5.74, 6) is -0.138. The number of likely N-dealkylation sites (tertiary alicyclic amines) is 1. The lowest BCUT2D eigenvalue weighted by atomic mass is 10.1. The predicted molar refractivity (Wildman–Crippen MR) is 99.4 cm³/mol. The molecule has 0 spiro atoms. The summed E-state index contributed by atoms with van der Waals surface area (Å²) in [5.41, 5.74) is 1.61. The van der Waals surface area contributed by atoms with Crippen molar-refractivity contribution in [2.75, 3.05) is 57.9 Å². The minimum Gasteiger partial charge on any atom is -0.423 e. The second-order valence-electron chi connectivity index (χ2n) is 7.01. The van der Waals surface area contributed by atoms with E-state index in [0.717, 1.165) is 11.1 Å². The van der Waals surface area contributed by atoms with Crippen LogP contribution in [0.15, 0.2) is 28.7 Å². The maximum absolute atomic E-state index is 12.8. The Labute approximate surface area is 157 Å². The molecule has 4 rings (SSSR count). The number of benzene rings is 1.